The number of amides is 1. The van der Waals surface area contributed by atoms with E-state index in [4.69, 9.17) is 4.42 Å². The number of aromatic nitrogens is 1. The number of benzene rings is 3. The van der Waals surface area contributed by atoms with Crippen LogP contribution in [-0.2, 0) is 0 Å². The van der Waals surface area contributed by atoms with E-state index < -0.39 is 0 Å². The van der Waals surface area contributed by atoms with E-state index in [-0.39, 0.29) is 5.91 Å². The Morgan fingerprint density at radius 1 is 0.929 bits per heavy atom. The summed E-state index contributed by atoms with van der Waals surface area (Å²) in [7, 11) is 0. The molecule has 0 fully saturated rings. The second kappa shape index (κ2) is 6.97. The molecule has 0 aliphatic heterocycles. The second-order valence-electron chi connectivity index (χ2n) is 7.25. The molecule has 4 heteroatoms. The van der Waals surface area contributed by atoms with Gasteiger partial charge >= 0.3 is 0 Å². The molecule has 4 nitrogen and oxygen atoms in total. The van der Waals surface area contributed by atoms with Gasteiger partial charge in [0.05, 0.1) is 0 Å². The molecular weight excluding hydrogens is 348 g/mol. The third kappa shape index (κ3) is 3.29. The zero-order valence-corrected chi connectivity index (χ0v) is 16.5. The van der Waals surface area contributed by atoms with E-state index >= 15 is 0 Å². The average Bonchev–Trinajstić information content (AvgIpc) is 3.07. The van der Waals surface area contributed by atoms with Gasteiger partial charge in [0.25, 0.3) is 5.91 Å². The van der Waals surface area contributed by atoms with Gasteiger partial charge in [-0.15, -0.1) is 0 Å². The van der Waals surface area contributed by atoms with Crippen molar-refractivity contribution < 1.29 is 9.21 Å². The number of oxazole rings is 1. The average molecular weight is 370 g/mol. The van der Waals surface area contributed by atoms with Crippen molar-refractivity contribution >= 4 is 22.7 Å². The standard InChI is InChI=1S/C24H22N2O2/c1-14-7-5-8-18(12-14)23(27)25-20-10-6-9-19(17(20)4)24-26-21-13-15(2)11-16(3)22(21)28-24/h5-13H,1-4H3,(H,25,27). The SMILES string of the molecule is Cc1cccc(C(=O)Nc2cccc(-c3nc4cc(C)cc(C)c4o3)c2C)c1. The van der Waals surface area contributed by atoms with Gasteiger partial charge in [-0.1, -0.05) is 29.8 Å². The quantitative estimate of drug-likeness (QED) is 0.482. The number of hydrogen-bond donors (Lipinski definition) is 1. The molecule has 1 amide bonds. The molecule has 0 saturated heterocycles. The molecule has 3 aromatic carbocycles. The maximum Gasteiger partial charge on any atom is 0.255 e. The smallest absolute Gasteiger partial charge is 0.255 e. The molecule has 4 rings (SSSR count). The Balaban J connectivity index is 1.71. The van der Waals surface area contributed by atoms with Crippen LogP contribution < -0.4 is 5.32 Å². The van der Waals surface area contributed by atoms with Crippen LogP contribution in [0, 0.1) is 27.7 Å². The summed E-state index contributed by atoms with van der Waals surface area (Å²) in [4.78, 5) is 17.3. The summed E-state index contributed by atoms with van der Waals surface area (Å²) >= 11 is 0. The van der Waals surface area contributed by atoms with Crippen molar-refractivity contribution in [3.63, 3.8) is 0 Å². The number of carbonyl (C=O) groups is 1. The molecule has 0 aliphatic carbocycles. The van der Waals surface area contributed by atoms with E-state index in [9.17, 15) is 4.79 Å². The summed E-state index contributed by atoms with van der Waals surface area (Å²) in [6.07, 6.45) is 0. The Morgan fingerprint density at radius 3 is 2.50 bits per heavy atom. The summed E-state index contributed by atoms with van der Waals surface area (Å²) in [5.41, 5.74) is 8.10. The number of fused-ring (bicyclic) bond motifs is 1. The van der Waals surface area contributed by atoms with Crippen molar-refractivity contribution in [2.24, 2.45) is 0 Å². The lowest BCUT2D eigenvalue weighted by atomic mass is 10.1. The van der Waals surface area contributed by atoms with Gasteiger partial charge in [-0.05, 0) is 74.7 Å². The van der Waals surface area contributed by atoms with E-state index in [2.05, 4.69) is 16.4 Å². The van der Waals surface area contributed by atoms with Gasteiger partial charge in [-0.2, -0.15) is 0 Å². The topological polar surface area (TPSA) is 55.1 Å². The highest BCUT2D eigenvalue weighted by Gasteiger charge is 2.16. The van der Waals surface area contributed by atoms with E-state index in [1.807, 2.05) is 76.2 Å². The van der Waals surface area contributed by atoms with Crippen LogP contribution in [-0.4, -0.2) is 10.9 Å². The van der Waals surface area contributed by atoms with Crippen LogP contribution in [0.4, 0.5) is 5.69 Å². The minimum atomic E-state index is -0.131. The van der Waals surface area contributed by atoms with Gasteiger partial charge < -0.3 is 9.73 Å². The monoisotopic (exact) mass is 370 g/mol. The van der Waals surface area contributed by atoms with Crippen LogP contribution in [0.5, 0.6) is 0 Å². The maximum absolute atomic E-state index is 12.6. The van der Waals surface area contributed by atoms with Crippen molar-refractivity contribution in [1.82, 2.24) is 4.98 Å². The third-order valence-corrected chi connectivity index (χ3v) is 4.91. The molecule has 28 heavy (non-hydrogen) atoms. The Kier molecular flexibility index (Phi) is 4.47. The van der Waals surface area contributed by atoms with E-state index in [0.717, 1.165) is 44.6 Å². The van der Waals surface area contributed by atoms with Crippen LogP contribution in [0.1, 0.15) is 32.6 Å². The lowest BCUT2D eigenvalue weighted by molar-refractivity contribution is 0.102. The Morgan fingerprint density at radius 2 is 1.71 bits per heavy atom. The normalized spacial score (nSPS) is 11.0. The summed E-state index contributed by atoms with van der Waals surface area (Å²) in [6, 6.07) is 17.4. The molecule has 0 bridgehead atoms. The number of nitrogens with zero attached hydrogens (tertiary/aromatic N) is 1. The van der Waals surface area contributed by atoms with Crippen LogP contribution in [0.2, 0.25) is 0 Å². The zero-order chi connectivity index (χ0) is 19.8. The fraction of sp³-hybridized carbons (Fsp3) is 0.167. The first-order valence-electron chi connectivity index (χ1n) is 9.28. The van der Waals surface area contributed by atoms with Crippen molar-refractivity contribution in [2.75, 3.05) is 5.32 Å². The van der Waals surface area contributed by atoms with E-state index in [1.165, 1.54) is 0 Å². The fourth-order valence-corrected chi connectivity index (χ4v) is 3.48. The van der Waals surface area contributed by atoms with E-state index in [0.29, 0.717) is 11.5 Å². The molecule has 1 N–H and O–H groups in total. The van der Waals surface area contributed by atoms with E-state index in [1.54, 1.807) is 0 Å². The van der Waals surface area contributed by atoms with Gasteiger partial charge in [-0.3, -0.25) is 4.79 Å². The molecule has 1 heterocycles. The number of nitrogens with one attached hydrogen (secondary N) is 1. The molecule has 140 valence electrons. The third-order valence-electron chi connectivity index (χ3n) is 4.91. The van der Waals surface area contributed by atoms with Gasteiger partial charge in [0.1, 0.15) is 5.52 Å². The minimum Gasteiger partial charge on any atom is -0.436 e. The summed E-state index contributed by atoms with van der Waals surface area (Å²) in [6.45, 7) is 8.01. The molecule has 0 aliphatic rings. The Labute approximate surface area is 164 Å². The number of anilines is 1. The molecule has 0 unspecified atom stereocenters. The summed E-state index contributed by atoms with van der Waals surface area (Å²) < 4.78 is 6.06. The molecule has 0 atom stereocenters. The van der Waals surface area contributed by atoms with Crippen LogP contribution >= 0.6 is 0 Å². The maximum atomic E-state index is 12.6. The molecule has 4 aromatic rings. The van der Waals surface area contributed by atoms with Crippen molar-refractivity contribution in [3.8, 4) is 11.5 Å². The first-order chi connectivity index (χ1) is 13.4. The van der Waals surface area contributed by atoms with Crippen LogP contribution in [0.3, 0.4) is 0 Å². The molecular formula is C24H22N2O2. The first-order valence-corrected chi connectivity index (χ1v) is 9.28. The van der Waals surface area contributed by atoms with Crippen molar-refractivity contribution in [3.05, 3.63) is 82.4 Å². The van der Waals surface area contributed by atoms with Gasteiger partial charge in [0.2, 0.25) is 5.89 Å². The highest BCUT2D eigenvalue weighted by Crippen LogP contribution is 2.32. The summed E-state index contributed by atoms with van der Waals surface area (Å²) in [5.74, 6) is 0.431. The second-order valence-corrected chi connectivity index (χ2v) is 7.25. The Bertz CT molecular complexity index is 1200. The van der Waals surface area contributed by atoms with Crippen molar-refractivity contribution in [1.29, 1.82) is 0 Å². The van der Waals surface area contributed by atoms with Gasteiger partial charge in [0, 0.05) is 16.8 Å². The highest BCUT2D eigenvalue weighted by molar-refractivity contribution is 6.05. The number of carbonyl (C=O) groups excluding carboxylic acids is 1. The zero-order valence-electron chi connectivity index (χ0n) is 16.5. The van der Waals surface area contributed by atoms with Gasteiger partial charge in [0.15, 0.2) is 5.58 Å². The summed E-state index contributed by atoms with van der Waals surface area (Å²) in [5, 5.41) is 3.01. The highest BCUT2D eigenvalue weighted by atomic mass is 16.3. The van der Waals surface area contributed by atoms with Crippen molar-refractivity contribution in [2.45, 2.75) is 27.7 Å². The largest absolute Gasteiger partial charge is 0.436 e. The first kappa shape index (κ1) is 18.0. The van der Waals surface area contributed by atoms with Crippen LogP contribution in [0.25, 0.3) is 22.6 Å². The fourth-order valence-electron chi connectivity index (χ4n) is 3.48. The number of hydrogen-bond acceptors (Lipinski definition) is 3. The molecule has 0 spiro atoms. The predicted octanol–water partition coefficient (Wildman–Crippen LogP) is 5.98. The van der Waals surface area contributed by atoms with Gasteiger partial charge in [-0.25, -0.2) is 4.98 Å². The van der Waals surface area contributed by atoms with Crippen LogP contribution in [0.15, 0.2) is 59.0 Å². The molecule has 0 saturated carbocycles. The predicted molar refractivity (Wildman–Crippen MR) is 113 cm³/mol. The number of aryl methyl sites for hydroxylation is 3. The number of rotatable bonds is 3. The molecule has 1 aromatic heterocycles. The lowest BCUT2D eigenvalue weighted by Crippen LogP contribution is -2.13. The Hall–Kier alpha value is -3.40. The molecule has 0 radical (unpaired) electrons. The lowest BCUT2D eigenvalue weighted by Gasteiger charge is -2.11. The minimum absolute atomic E-state index is 0.131.